The van der Waals surface area contributed by atoms with Gasteiger partial charge >= 0.3 is 0 Å². The molecule has 0 spiro atoms. The maximum absolute atomic E-state index is 13.5. The van der Waals surface area contributed by atoms with Crippen LogP contribution in [0.5, 0.6) is 0 Å². The second-order valence-electron chi connectivity index (χ2n) is 8.34. The molecule has 2 fully saturated rings. The first-order valence-corrected chi connectivity index (χ1v) is 10.7. The van der Waals surface area contributed by atoms with Gasteiger partial charge in [0, 0.05) is 31.4 Å². The molecule has 4 rings (SSSR count). The highest BCUT2D eigenvalue weighted by atomic mass is 19.1. The lowest BCUT2D eigenvalue weighted by Crippen LogP contribution is -2.42. The molecule has 4 nitrogen and oxygen atoms in total. The van der Waals surface area contributed by atoms with Crippen molar-refractivity contribution in [2.75, 3.05) is 37.6 Å². The molecule has 0 bridgehead atoms. The standard InChI is InChI=1S/C24H30FN3O/c25-21-7-4-6-19(14-21)15-23-10-5-12-27(23)18-24(29)26-16-20-11-13-28(17-20)22-8-2-1-3-9-22/h1-4,6-9,14,20,23H,5,10-13,15-18H2,(H,26,29)/t20-,23+/m0/s1. The molecule has 2 atom stereocenters. The third-order valence-electron chi connectivity index (χ3n) is 6.20. The maximum atomic E-state index is 13.5. The average Bonchev–Trinajstić information content (AvgIpc) is 3.37. The van der Waals surface area contributed by atoms with E-state index in [1.54, 1.807) is 12.1 Å². The summed E-state index contributed by atoms with van der Waals surface area (Å²) in [6.45, 7) is 4.17. The van der Waals surface area contributed by atoms with Gasteiger partial charge in [-0.25, -0.2) is 4.39 Å². The van der Waals surface area contributed by atoms with Gasteiger partial charge in [0.15, 0.2) is 0 Å². The molecule has 0 aliphatic carbocycles. The Morgan fingerprint density at radius 3 is 2.76 bits per heavy atom. The van der Waals surface area contributed by atoms with Crippen molar-refractivity contribution in [3.05, 3.63) is 66.0 Å². The van der Waals surface area contributed by atoms with Crippen molar-refractivity contribution in [1.82, 2.24) is 10.2 Å². The topological polar surface area (TPSA) is 35.6 Å². The quantitative estimate of drug-likeness (QED) is 0.780. The molecule has 29 heavy (non-hydrogen) atoms. The first-order valence-electron chi connectivity index (χ1n) is 10.7. The normalized spacial score (nSPS) is 22.2. The highest BCUT2D eigenvalue weighted by Gasteiger charge is 2.27. The number of amides is 1. The first kappa shape index (κ1) is 19.9. The fraction of sp³-hybridized carbons (Fsp3) is 0.458. The maximum Gasteiger partial charge on any atom is 0.234 e. The van der Waals surface area contributed by atoms with Crippen LogP contribution in [0, 0.1) is 11.7 Å². The van der Waals surface area contributed by atoms with E-state index in [1.807, 2.05) is 12.1 Å². The largest absolute Gasteiger partial charge is 0.371 e. The Bertz CT molecular complexity index is 813. The molecular formula is C24H30FN3O. The van der Waals surface area contributed by atoms with Crippen molar-refractivity contribution in [1.29, 1.82) is 0 Å². The summed E-state index contributed by atoms with van der Waals surface area (Å²) in [6.07, 6.45) is 4.08. The number of rotatable bonds is 7. The van der Waals surface area contributed by atoms with Crippen LogP contribution in [0.15, 0.2) is 54.6 Å². The molecule has 2 saturated heterocycles. The SMILES string of the molecule is O=C(CN1CCC[C@@H]1Cc1cccc(F)c1)NC[C@@H]1CCN(c2ccccc2)C1. The highest BCUT2D eigenvalue weighted by molar-refractivity contribution is 5.78. The van der Waals surface area contributed by atoms with Gasteiger partial charge in [-0.3, -0.25) is 9.69 Å². The number of halogens is 1. The lowest BCUT2D eigenvalue weighted by molar-refractivity contribution is -0.122. The number of anilines is 1. The average molecular weight is 396 g/mol. The minimum absolute atomic E-state index is 0.106. The summed E-state index contributed by atoms with van der Waals surface area (Å²) in [5, 5.41) is 3.15. The van der Waals surface area contributed by atoms with Gasteiger partial charge in [0.1, 0.15) is 5.82 Å². The summed E-state index contributed by atoms with van der Waals surface area (Å²) in [7, 11) is 0. The molecule has 0 saturated carbocycles. The van der Waals surface area contributed by atoms with Crippen LogP contribution in [-0.4, -0.2) is 49.6 Å². The smallest absolute Gasteiger partial charge is 0.234 e. The lowest BCUT2D eigenvalue weighted by Gasteiger charge is -2.24. The van der Waals surface area contributed by atoms with E-state index in [4.69, 9.17) is 0 Å². The Hall–Kier alpha value is -2.40. The monoisotopic (exact) mass is 395 g/mol. The van der Waals surface area contributed by atoms with E-state index < -0.39 is 0 Å². The Labute approximate surface area is 172 Å². The molecule has 1 amide bonds. The molecular weight excluding hydrogens is 365 g/mol. The van der Waals surface area contributed by atoms with Crippen LogP contribution in [0.1, 0.15) is 24.8 Å². The fourth-order valence-electron chi connectivity index (χ4n) is 4.64. The van der Waals surface area contributed by atoms with Gasteiger partial charge in [0.2, 0.25) is 5.91 Å². The summed E-state index contributed by atoms with van der Waals surface area (Å²) in [5.74, 6) is 0.418. The Balaban J connectivity index is 1.22. The Morgan fingerprint density at radius 2 is 1.93 bits per heavy atom. The number of para-hydroxylation sites is 1. The van der Waals surface area contributed by atoms with Crippen molar-refractivity contribution >= 4 is 11.6 Å². The second kappa shape index (κ2) is 9.40. The first-order chi connectivity index (χ1) is 14.2. The number of carbonyl (C=O) groups is 1. The summed E-state index contributed by atoms with van der Waals surface area (Å²) in [4.78, 5) is 17.2. The molecule has 2 aromatic carbocycles. The van der Waals surface area contributed by atoms with Crippen molar-refractivity contribution < 1.29 is 9.18 Å². The van der Waals surface area contributed by atoms with Crippen LogP contribution in [0.4, 0.5) is 10.1 Å². The minimum atomic E-state index is -0.189. The second-order valence-corrected chi connectivity index (χ2v) is 8.34. The zero-order chi connectivity index (χ0) is 20.1. The van der Waals surface area contributed by atoms with Gasteiger partial charge in [-0.1, -0.05) is 30.3 Å². The summed E-state index contributed by atoms with van der Waals surface area (Å²) in [5.41, 5.74) is 2.27. The molecule has 1 N–H and O–H groups in total. The van der Waals surface area contributed by atoms with Gasteiger partial charge in [0.05, 0.1) is 6.54 Å². The number of hydrogen-bond donors (Lipinski definition) is 1. The van der Waals surface area contributed by atoms with E-state index >= 15 is 0 Å². The minimum Gasteiger partial charge on any atom is -0.371 e. The third-order valence-corrected chi connectivity index (χ3v) is 6.20. The van der Waals surface area contributed by atoms with Gasteiger partial charge in [0.25, 0.3) is 0 Å². The van der Waals surface area contributed by atoms with Gasteiger partial charge in [-0.2, -0.15) is 0 Å². The zero-order valence-corrected chi connectivity index (χ0v) is 16.9. The lowest BCUT2D eigenvalue weighted by atomic mass is 10.0. The molecule has 2 heterocycles. The van der Waals surface area contributed by atoms with Crippen molar-refractivity contribution in [3.63, 3.8) is 0 Å². The summed E-state index contributed by atoms with van der Waals surface area (Å²) >= 11 is 0. The number of carbonyl (C=O) groups excluding carboxylic acids is 1. The molecule has 0 aromatic heterocycles. The van der Waals surface area contributed by atoms with Crippen LogP contribution in [0.3, 0.4) is 0 Å². The predicted octanol–water partition coefficient (Wildman–Crippen LogP) is 3.48. The summed E-state index contributed by atoms with van der Waals surface area (Å²) < 4.78 is 13.5. The van der Waals surface area contributed by atoms with Crippen LogP contribution in [0.25, 0.3) is 0 Å². The number of likely N-dealkylation sites (tertiary alicyclic amines) is 1. The van der Waals surface area contributed by atoms with E-state index in [1.165, 1.54) is 11.8 Å². The van der Waals surface area contributed by atoms with Crippen LogP contribution in [0.2, 0.25) is 0 Å². The number of nitrogens with one attached hydrogen (secondary N) is 1. The Kier molecular flexibility index (Phi) is 6.45. The van der Waals surface area contributed by atoms with Crippen LogP contribution < -0.4 is 10.2 Å². The molecule has 5 heteroatoms. The molecule has 154 valence electrons. The van der Waals surface area contributed by atoms with Gasteiger partial charge in [-0.15, -0.1) is 0 Å². The van der Waals surface area contributed by atoms with Crippen molar-refractivity contribution in [2.45, 2.75) is 31.7 Å². The van der Waals surface area contributed by atoms with E-state index in [2.05, 4.69) is 39.4 Å². The number of benzene rings is 2. The van der Waals surface area contributed by atoms with Gasteiger partial charge in [-0.05, 0) is 68.0 Å². The van der Waals surface area contributed by atoms with E-state index in [0.29, 0.717) is 18.5 Å². The van der Waals surface area contributed by atoms with E-state index in [0.717, 1.165) is 57.4 Å². The van der Waals surface area contributed by atoms with E-state index in [-0.39, 0.29) is 11.7 Å². The van der Waals surface area contributed by atoms with Gasteiger partial charge < -0.3 is 10.2 Å². The Morgan fingerprint density at radius 1 is 1.07 bits per heavy atom. The molecule has 2 aromatic rings. The molecule has 2 aliphatic heterocycles. The van der Waals surface area contributed by atoms with Crippen molar-refractivity contribution in [2.24, 2.45) is 5.92 Å². The number of nitrogens with zero attached hydrogens (tertiary/aromatic N) is 2. The highest BCUT2D eigenvalue weighted by Crippen LogP contribution is 2.23. The summed E-state index contributed by atoms with van der Waals surface area (Å²) in [6, 6.07) is 17.6. The molecule has 0 radical (unpaired) electrons. The zero-order valence-electron chi connectivity index (χ0n) is 16.9. The number of hydrogen-bond acceptors (Lipinski definition) is 3. The van der Waals surface area contributed by atoms with Crippen LogP contribution in [-0.2, 0) is 11.2 Å². The van der Waals surface area contributed by atoms with Crippen molar-refractivity contribution in [3.8, 4) is 0 Å². The fourth-order valence-corrected chi connectivity index (χ4v) is 4.64. The third kappa shape index (κ3) is 5.36. The van der Waals surface area contributed by atoms with Crippen LogP contribution >= 0.6 is 0 Å². The molecule has 2 aliphatic rings. The van der Waals surface area contributed by atoms with E-state index in [9.17, 15) is 9.18 Å². The molecule has 0 unspecified atom stereocenters. The predicted molar refractivity (Wildman–Crippen MR) is 114 cm³/mol.